The summed E-state index contributed by atoms with van der Waals surface area (Å²) in [6, 6.07) is 13.0. The van der Waals surface area contributed by atoms with Crippen molar-refractivity contribution in [3.05, 3.63) is 59.7 Å². The van der Waals surface area contributed by atoms with Crippen LogP contribution in [0.4, 0.5) is 16.2 Å². The van der Waals surface area contributed by atoms with Crippen molar-refractivity contribution in [1.29, 1.82) is 0 Å². The number of aliphatic carboxylic acids is 1. The average molecular weight is 497 g/mol. The Hall–Kier alpha value is -3.88. The largest absolute Gasteiger partial charge is 0.481 e. The van der Waals surface area contributed by atoms with Crippen LogP contribution in [0.25, 0.3) is 0 Å². The van der Waals surface area contributed by atoms with Gasteiger partial charge in [-0.3, -0.25) is 14.4 Å². The quantitative estimate of drug-likeness (QED) is 0.302. The minimum Gasteiger partial charge on any atom is -0.481 e. The molecule has 0 radical (unpaired) electrons. The first kappa shape index (κ1) is 28.4. The average Bonchev–Trinajstić information content (AvgIpc) is 2.79. The highest BCUT2D eigenvalue weighted by Gasteiger charge is 2.23. The number of hydrogen-bond donors (Lipinski definition) is 5. The molecule has 0 aliphatic heterocycles. The number of carbonyl (C=O) groups excluding carboxylic acids is 3. The number of amides is 4. The molecule has 9 nitrogen and oxygen atoms in total. The van der Waals surface area contributed by atoms with Crippen LogP contribution < -0.4 is 21.3 Å². The molecule has 0 saturated carbocycles. The van der Waals surface area contributed by atoms with Gasteiger partial charge < -0.3 is 26.4 Å². The van der Waals surface area contributed by atoms with E-state index >= 15 is 0 Å². The van der Waals surface area contributed by atoms with E-state index in [9.17, 15) is 19.2 Å². The molecule has 0 bridgehead atoms. The minimum atomic E-state index is -0.920. The maximum atomic E-state index is 12.7. The van der Waals surface area contributed by atoms with Crippen LogP contribution in [-0.4, -0.2) is 41.0 Å². The second-order valence-corrected chi connectivity index (χ2v) is 9.36. The number of rotatable bonds is 12. The van der Waals surface area contributed by atoms with Crippen molar-refractivity contribution in [2.24, 2.45) is 5.92 Å². The van der Waals surface area contributed by atoms with Crippen molar-refractivity contribution in [2.75, 3.05) is 10.6 Å². The third-order valence-electron chi connectivity index (χ3n) is 5.51. The van der Waals surface area contributed by atoms with Gasteiger partial charge in [-0.15, -0.1) is 0 Å². The van der Waals surface area contributed by atoms with Crippen LogP contribution in [0.2, 0.25) is 0 Å². The number of urea groups is 1. The molecule has 2 rings (SSSR count). The number of hydrogen-bond acceptors (Lipinski definition) is 4. The summed E-state index contributed by atoms with van der Waals surface area (Å²) in [5.74, 6) is -1.37. The minimum absolute atomic E-state index is 0.0406. The zero-order chi connectivity index (χ0) is 26.7. The molecule has 36 heavy (non-hydrogen) atoms. The van der Waals surface area contributed by atoms with Crippen LogP contribution in [0, 0.1) is 12.8 Å². The summed E-state index contributed by atoms with van der Waals surface area (Å²) in [7, 11) is 0. The van der Waals surface area contributed by atoms with Gasteiger partial charge in [-0.25, -0.2) is 4.79 Å². The van der Waals surface area contributed by atoms with Gasteiger partial charge in [0.1, 0.15) is 6.04 Å². The lowest BCUT2D eigenvalue weighted by atomic mass is 10.0. The lowest BCUT2D eigenvalue weighted by Crippen LogP contribution is -2.50. The molecule has 2 aromatic rings. The second-order valence-electron chi connectivity index (χ2n) is 9.36. The molecule has 0 aliphatic rings. The molecule has 194 valence electrons. The van der Waals surface area contributed by atoms with Gasteiger partial charge in [0.25, 0.3) is 0 Å². The summed E-state index contributed by atoms with van der Waals surface area (Å²) in [6.07, 6.45) is 0.808. The van der Waals surface area contributed by atoms with Gasteiger partial charge in [-0.05, 0) is 61.9 Å². The zero-order valence-electron chi connectivity index (χ0n) is 21.3. The first-order valence-corrected chi connectivity index (χ1v) is 12.1. The SMILES string of the molecule is Cc1ccccc1NC(=O)Nc1ccc(CC(=O)NC(CC(C)C)C(=O)NC(C)CCC(=O)O)cc1. The van der Waals surface area contributed by atoms with Crippen LogP contribution in [0.1, 0.15) is 51.2 Å². The fraction of sp³-hybridized carbons (Fsp3) is 0.407. The maximum absolute atomic E-state index is 12.7. The topological polar surface area (TPSA) is 137 Å². The van der Waals surface area contributed by atoms with Crippen molar-refractivity contribution < 1.29 is 24.3 Å². The van der Waals surface area contributed by atoms with E-state index in [0.29, 0.717) is 18.5 Å². The molecule has 0 heterocycles. The van der Waals surface area contributed by atoms with E-state index in [1.54, 1.807) is 31.2 Å². The number of carbonyl (C=O) groups is 4. The predicted molar refractivity (Wildman–Crippen MR) is 140 cm³/mol. The lowest BCUT2D eigenvalue weighted by molar-refractivity contribution is -0.137. The molecule has 2 aromatic carbocycles. The Balaban J connectivity index is 1.90. The Morgan fingerprint density at radius 2 is 1.56 bits per heavy atom. The molecule has 5 N–H and O–H groups in total. The number of para-hydroxylation sites is 1. The lowest BCUT2D eigenvalue weighted by Gasteiger charge is -2.22. The van der Waals surface area contributed by atoms with E-state index in [-0.39, 0.29) is 42.6 Å². The number of carboxylic acid groups (broad SMARTS) is 1. The van der Waals surface area contributed by atoms with E-state index < -0.39 is 12.0 Å². The molecule has 2 unspecified atom stereocenters. The molecule has 0 aromatic heterocycles. The standard InChI is InChI=1S/C27H36N4O5/c1-17(2)15-23(26(35)28-19(4)9-14-25(33)34)30-24(32)16-20-10-12-21(13-11-20)29-27(36)31-22-8-6-5-7-18(22)3/h5-8,10-13,17,19,23H,9,14-16H2,1-4H3,(H,28,35)(H,30,32)(H,33,34)(H2,29,31,36). The molecular weight excluding hydrogens is 460 g/mol. The van der Waals surface area contributed by atoms with Crippen LogP contribution in [0.15, 0.2) is 48.5 Å². The van der Waals surface area contributed by atoms with Gasteiger partial charge in [0, 0.05) is 23.8 Å². The molecule has 2 atom stereocenters. The summed E-state index contributed by atoms with van der Waals surface area (Å²) in [4.78, 5) is 48.4. The Morgan fingerprint density at radius 3 is 2.17 bits per heavy atom. The molecule has 9 heteroatoms. The third kappa shape index (κ3) is 10.2. The summed E-state index contributed by atoms with van der Waals surface area (Å²) in [5.41, 5.74) is 2.99. The number of anilines is 2. The number of nitrogens with one attached hydrogen (secondary N) is 4. The van der Waals surface area contributed by atoms with Gasteiger partial charge in [-0.2, -0.15) is 0 Å². The van der Waals surface area contributed by atoms with Crippen molar-refractivity contribution in [3.8, 4) is 0 Å². The van der Waals surface area contributed by atoms with E-state index in [1.807, 2.05) is 45.0 Å². The highest BCUT2D eigenvalue weighted by atomic mass is 16.4. The van der Waals surface area contributed by atoms with Gasteiger partial charge in [-0.1, -0.05) is 44.2 Å². The van der Waals surface area contributed by atoms with Crippen LogP contribution in [-0.2, 0) is 20.8 Å². The smallest absolute Gasteiger partial charge is 0.323 e. The van der Waals surface area contributed by atoms with Gasteiger partial charge in [0.15, 0.2) is 0 Å². The molecule has 0 fully saturated rings. The Labute approximate surface area is 212 Å². The van der Waals surface area contributed by atoms with Crippen molar-refractivity contribution >= 4 is 35.2 Å². The maximum Gasteiger partial charge on any atom is 0.323 e. The molecule has 0 spiro atoms. The van der Waals surface area contributed by atoms with Crippen molar-refractivity contribution in [3.63, 3.8) is 0 Å². The Bertz CT molecular complexity index is 1050. The first-order valence-electron chi connectivity index (χ1n) is 12.1. The van der Waals surface area contributed by atoms with Gasteiger partial charge in [0.2, 0.25) is 11.8 Å². The molecular formula is C27H36N4O5. The number of aryl methyl sites for hydroxylation is 1. The number of benzene rings is 2. The highest BCUT2D eigenvalue weighted by molar-refractivity contribution is 6.00. The van der Waals surface area contributed by atoms with E-state index in [1.165, 1.54) is 0 Å². The van der Waals surface area contributed by atoms with Crippen molar-refractivity contribution in [1.82, 2.24) is 10.6 Å². The molecule has 0 saturated heterocycles. The third-order valence-corrected chi connectivity index (χ3v) is 5.51. The molecule has 4 amide bonds. The summed E-state index contributed by atoms with van der Waals surface area (Å²) in [6.45, 7) is 7.57. The first-order chi connectivity index (χ1) is 17.0. The van der Waals surface area contributed by atoms with E-state index in [0.717, 1.165) is 16.8 Å². The predicted octanol–water partition coefficient (Wildman–Crippen LogP) is 4.08. The number of carboxylic acids is 1. The summed E-state index contributed by atoms with van der Waals surface area (Å²) >= 11 is 0. The highest BCUT2D eigenvalue weighted by Crippen LogP contribution is 2.15. The summed E-state index contributed by atoms with van der Waals surface area (Å²) in [5, 5.41) is 20.0. The Kier molecular flexibility index (Phi) is 10.9. The van der Waals surface area contributed by atoms with E-state index in [4.69, 9.17) is 5.11 Å². The van der Waals surface area contributed by atoms with Crippen LogP contribution in [0.5, 0.6) is 0 Å². The van der Waals surface area contributed by atoms with Crippen molar-refractivity contribution in [2.45, 2.75) is 65.5 Å². The van der Waals surface area contributed by atoms with Gasteiger partial charge >= 0.3 is 12.0 Å². The van der Waals surface area contributed by atoms with Crippen LogP contribution >= 0.6 is 0 Å². The molecule has 0 aliphatic carbocycles. The van der Waals surface area contributed by atoms with Crippen LogP contribution in [0.3, 0.4) is 0 Å². The monoisotopic (exact) mass is 496 g/mol. The Morgan fingerprint density at radius 1 is 0.889 bits per heavy atom. The fourth-order valence-electron chi connectivity index (χ4n) is 3.59. The zero-order valence-corrected chi connectivity index (χ0v) is 21.3. The normalized spacial score (nSPS) is 12.4. The van der Waals surface area contributed by atoms with Gasteiger partial charge in [0.05, 0.1) is 6.42 Å². The summed E-state index contributed by atoms with van der Waals surface area (Å²) < 4.78 is 0. The second kappa shape index (κ2) is 13.9. The van der Waals surface area contributed by atoms with E-state index in [2.05, 4.69) is 21.3 Å². The fourth-order valence-corrected chi connectivity index (χ4v) is 3.59.